The fourth-order valence-corrected chi connectivity index (χ4v) is 1.48. The van der Waals surface area contributed by atoms with Crippen LogP contribution in [0.3, 0.4) is 0 Å². The van der Waals surface area contributed by atoms with Gasteiger partial charge in [-0.2, -0.15) is 0 Å². The van der Waals surface area contributed by atoms with Crippen molar-refractivity contribution in [3.8, 4) is 11.5 Å². The Bertz CT molecular complexity index is 471. The number of amides is 1. The molecule has 1 atom stereocenters. The molecule has 0 aliphatic heterocycles. The van der Waals surface area contributed by atoms with Crippen molar-refractivity contribution in [2.75, 3.05) is 13.7 Å². The summed E-state index contributed by atoms with van der Waals surface area (Å²) in [7, 11) is 1.48. The Morgan fingerprint density at radius 3 is 2.55 bits per heavy atom. The Morgan fingerprint density at radius 2 is 2.00 bits per heavy atom. The summed E-state index contributed by atoms with van der Waals surface area (Å²) in [6.07, 6.45) is 0.726. The van der Waals surface area contributed by atoms with Gasteiger partial charge in [0.2, 0.25) is 0 Å². The third kappa shape index (κ3) is 4.57. The monoisotopic (exact) mass is 279 g/mol. The van der Waals surface area contributed by atoms with Crippen LogP contribution in [-0.2, 0) is 4.79 Å². The molecule has 1 aromatic rings. The first-order valence-corrected chi connectivity index (χ1v) is 6.53. The summed E-state index contributed by atoms with van der Waals surface area (Å²) in [5.74, 6) is 1.04. The van der Waals surface area contributed by atoms with E-state index in [-0.39, 0.29) is 18.6 Å². The van der Waals surface area contributed by atoms with E-state index in [2.05, 4.69) is 5.32 Å². The normalized spacial score (nSPS) is 11.8. The standard InChI is InChI=1S/C15H21NO4/c1-10(2)11(3)16-15(18)9-20-13-6-5-12(8-17)7-14(13)19-4/h5-8,10-11H,9H2,1-4H3,(H,16,18). The van der Waals surface area contributed by atoms with Crippen LogP contribution in [0.2, 0.25) is 0 Å². The quantitative estimate of drug-likeness (QED) is 0.776. The largest absolute Gasteiger partial charge is 0.493 e. The minimum atomic E-state index is -0.187. The first kappa shape index (κ1) is 16.0. The molecule has 5 nitrogen and oxygen atoms in total. The molecule has 1 aromatic carbocycles. The van der Waals surface area contributed by atoms with Crippen LogP contribution in [0.25, 0.3) is 0 Å². The van der Waals surface area contributed by atoms with Crippen molar-refractivity contribution in [3.63, 3.8) is 0 Å². The van der Waals surface area contributed by atoms with Crippen LogP contribution in [0.15, 0.2) is 18.2 Å². The lowest BCUT2D eigenvalue weighted by atomic mass is 10.1. The van der Waals surface area contributed by atoms with Crippen LogP contribution in [0.1, 0.15) is 31.1 Å². The molecule has 0 aliphatic carbocycles. The molecule has 1 rings (SSSR count). The summed E-state index contributed by atoms with van der Waals surface area (Å²) in [6.45, 7) is 5.93. The van der Waals surface area contributed by atoms with Gasteiger partial charge in [0.1, 0.15) is 6.29 Å². The highest BCUT2D eigenvalue weighted by Crippen LogP contribution is 2.27. The summed E-state index contributed by atoms with van der Waals surface area (Å²) >= 11 is 0. The Hall–Kier alpha value is -2.04. The van der Waals surface area contributed by atoms with E-state index in [1.165, 1.54) is 7.11 Å². The second-order valence-electron chi connectivity index (χ2n) is 4.92. The summed E-state index contributed by atoms with van der Waals surface area (Å²) in [5, 5.41) is 2.85. The highest BCUT2D eigenvalue weighted by atomic mass is 16.5. The molecule has 1 unspecified atom stereocenters. The van der Waals surface area contributed by atoms with E-state index in [4.69, 9.17) is 9.47 Å². The second-order valence-corrected chi connectivity index (χ2v) is 4.92. The van der Waals surface area contributed by atoms with Crippen LogP contribution in [-0.4, -0.2) is 32.0 Å². The Morgan fingerprint density at radius 1 is 1.30 bits per heavy atom. The van der Waals surface area contributed by atoms with Crippen molar-refractivity contribution in [1.82, 2.24) is 5.32 Å². The molecule has 1 N–H and O–H groups in total. The molecule has 110 valence electrons. The number of rotatable bonds is 7. The highest BCUT2D eigenvalue weighted by molar-refractivity contribution is 5.78. The molecular formula is C15H21NO4. The highest BCUT2D eigenvalue weighted by Gasteiger charge is 2.12. The van der Waals surface area contributed by atoms with Crippen molar-refractivity contribution in [1.29, 1.82) is 0 Å². The van der Waals surface area contributed by atoms with E-state index in [0.29, 0.717) is 23.0 Å². The van der Waals surface area contributed by atoms with Gasteiger partial charge in [-0.05, 0) is 31.0 Å². The van der Waals surface area contributed by atoms with Gasteiger partial charge in [0.15, 0.2) is 18.1 Å². The van der Waals surface area contributed by atoms with Gasteiger partial charge < -0.3 is 14.8 Å². The predicted molar refractivity (Wildman–Crippen MR) is 76.3 cm³/mol. The maximum atomic E-state index is 11.7. The summed E-state index contributed by atoms with van der Waals surface area (Å²) in [6, 6.07) is 4.88. The lowest BCUT2D eigenvalue weighted by molar-refractivity contribution is -0.124. The Kier molecular flexibility index (Phi) is 6.03. The van der Waals surface area contributed by atoms with Gasteiger partial charge in [-0.15, -0.1) is 0 Å². The van der Waals surface area contributed by atoms with E-state index in [9.17, 15) is 9.59 Å². The minimum absolute atomic E-state index is 0.0884. The number of carbonyl (C=O) groups excluding carboxylic acids is 2. The molecule has 0 radical (unpaired) electrons. The topological polar surface area (TPSA) is 64.6 Å². The lowest BCUT2D eigenvalue weighted by Crippen LogP contribution is -2.38. The van der Waals surface area contributed by atoms with Crippen LogP contribution in [0.5, 0.6) is 11.5 Å². The third-order valence-corrected chi connectivity index (χ3v) is 3.07. The zero-order valence-electron chi connectivity index (χ0n) is 12.3. The van der Waals surface area contributed by atoms with Crippen LogP contribution in [0, 0.1) is 5.92 Å². The number of ether oxygens (including phenoxy) is 2. The molecule has 0 bridgehead atoms. The second kappa shape index (κ2) is 7.53. The number of methoxy groups -OCH3 is 1. The van der Waals surface area contributed by atoms with Crippen LogP contribution >= 0.6 is 0 Å². The van der Waals surface area contributed by atoms with Gasteiger partial charge in [0.05, 0.1) is 7.11 Å². The summed E-state index contributed by atoms with van der Waals surface area (Å²) in [5.41, 5.74) is 0.493. The molecule has 0 heterocycles. The van der Waals surface area contributed by atoms with Gasteiger partial charge >= 0.3 is 0 Å². The summed E-state index contributed by atoms with van der Waals surface area (Å²) in [4.78, 5) is 22.4. The van der Waals surface area contributed by atoms with Crippen molar-refractivity contribution in [2.45, 2.75) is 26.8 Å². The first-order chi connectivity index (χ1) is 9.47. The van der Waals surface area contributed by atoms with Crippen molar-refractivity contribution >= 4 is 12.2 Å². The predicted octanol–water partition coefficient (Wildman–Crippen LogP) is 2.05. The molecule has 0 spiro atoms. The van der Waals surface area contributed by atoms with Crippen molar-refractivity contribution < 1.29 is 19.1 Å². The van der Waals surface area contributed by atoms with E-state index in [0.717, 1.165) is 6.29 Å². The zero-order chi connectivity index (χ0) is 15.1. The average molecular weight is 279 g/mol. The smallest absolute Gasteiger partial charge is 0.258 e. The van der Waals surface area contributed by atoms with Gasteiger partial charge in [-0.1, -0.05) is 13.8 Å². The van der Waals surface area contributed by atoms with Crippen LogP contribution in [0.4, 0.5) is 0 Å². The van der Waals surface area contributed by atoms with Gasteiger partial charge in [-0.3, -0.25) is 9.59 Å². The van der Waals surface area contributed by atoms with Crippen LogP contribution < -0.4 is 14.8 Å². The van der Waals surface area contributed by atoms with Crippen molar-refractivity contribution in [3.05, 3.63) is 23.8 Å². The fraction of sp³-hybridized carbons (Fsp3) is 0.467. The fourth-order valence-electron chi connectivity index (χ4n) is 1.48. The molecule has 0 fully saturated rings. The number of benzene rings is 1. The molecule has 0 saturated carbocycles. The minimum Gasteiger partial charge on any atom is -0.493 e. The maximum absolute atomic E-state index is 11.7. The zero-order valence-corrected chi connectivity index (χ0v) is 12.3. The van der Waals surface area contributed by atoms with E-state index >= 15 is 0 Å². The molecule has 0 aromatic heterocycles. The Balaban J connectivity index is 2.61. The van der Waals surface area contributed by atoms with E-state index < -0.39 is 0 Å². The molecule has 0 saturated heterocycles. The number of hydrogen-bond acceptors (Lipinski definition) is 4. The van der Waals surface area contributed by atoms with E-state index in [1.54, 1.807) is 18.2 Å². The first-order valence-electron chi connectivity index (χ1n) is 6.53. The summed E-state index contributed by atoms with van der Waals surface area (Å²) < 4.78 is 10.5. The van der Waals surface area contributed by atoms with Gasteiger partial charge in [-0.25, -0.2) is 0 Å². The number of hydrogen-bond donors (Lipinski definition) is 1. The molecule has 0 aliphatic rings. The molecular weight excluding hydrogens is 258 g/mol. The third-order valence-electron chi connectivity index (χ3n) is 3.07. The SMILES string of the molecule is COc1cc(C=O)ccc1OCC(=O)NC(C)C(C)C. The number of nitrogens with one attached hydrogen (secondary N) is 1. The van der Waals surface area contributed by atoms with Crippen molar-refractivity contribution in [2.24, 2.45) is 5.92 Å². The van der Waals surface area contributed by atoms with Gasteiger partial charge in [0.25, 0.3) is 5.91 Å². The average Bonchev–Trinajstić information content (AvgIpc) is 2.44. The van der Waals surface area contributed by atoms with E-state index in [1.807, 2.05) is 20.8 Å². The van der Waals surface area contributed by atoms with Gasteiger partial charge in [0, 0.05) is 11.6 Å². The number of carbonyl (C=O) groups is 2. The Labute approximate surface area is 119 Å². The lowest BCUT2D eigenvalue weighted by Gasteiger charge is -2.18. The molecule has 1 amide bonds. The molecule has 20 heavy (non-hydrogen) atoms. The maximum Gasteiger partial charge on any atom is 0.258 e. The number of aldehydes is 1. The molecule has 5 heteroatoms.